The van der Waals surface area contributed by atoms with Crippen LogP contribution in [-0.4, -0.2) is 10.4 Å². The Balaban J connectivity index is 2.11. The first-order valence-electron chi connectivity index (χ1n) is 6.08. The molecular formula is C14H19BrO. The van der Waals surface area contributed by atoms with E-state index in [-0.39, 0.29) is 0 Å². The summed E-state index contributed by atoms with van der Waals surface area (Å²) in [5.74, 6) is 0.387. The molecule has 16 heavy (non-hydrogen) atoms. The third-order valence-corrected chi connectivity index (χ3v) is 4.88. The summed E-state index contributed by atoms with van der Waals surface area (Å²) in [7, 11) is 0. The maximum absolute atomic E-state index is 9.49. The highest BCUT2D eigenvalue weighted by molar-refractivity contribution is 9.09. The molecule has 0 saturated heterocycles. The fourth-order valence-electron chi connectivity index (χ4n) is 2.76. The molecule has 0 radical (unpaired) electrons. The van der Waals surface area contributed by atoms with E-state index in [2.05, 4.69) is 22.0 Å². The van der Waals surface area contributed by atoms with Crippen LogP contribution in [-0.2, 0) is 6.42 Å². The molecule has 0 amide bonds. The standard InChI is InChI=1S/C14H19BrO/c15-11-14(7-2-1-3-8-14)10-12-5-4-6-13(16)9-12/h4-6,9,16H,1-3,7-8,10-11H2. The number of phenols is 1. The molecule has 0 unspecified atom stereocenters. The van der Waals surface area contributed by atoms with Crippen molar-refractivity contribution in [3.63, 3.8) is 0 Å². The number of aromatic hydroxyl groups is 1. The van der Waals surface area contributed by atoms with E-state index in [1.807, 2.05) is 12.1 Å². The molecule has 2 heteroatoms. The molecule has 0 aliphatic heterocycles. The average molecular weight is 283 g/mol. The first kappa shape index (κ1) is 12.0. The van der Waals surface area contributed by atoms with Crippen LogP contribution in [0.2, 0.25) is 0 Å². The minimum atomic E-state index is 0.387. The molecule has 1 nitrogen and oxygen atoms in total. The number of rotatable bonds is 3. The first-order valence-corrected chi connectivity index (χ1v) is 7.20. The Hall–Kier alpha value is -0.500. The normalized spacial score (nSPS) is 19.6. The second-order valence-corrected chi connectivity index (χ2v) is 5.60. The zero-order valence-electron chi connectivity index (χ0n) is 9.58. The zero-order chi connectivity index (χ0) is 11.4. The van der Waals surface area contributed by atoms with Gasteiger partial charge >= 0.3 is 0 Å². The summed E-state index contributed by atoms with van der Waals surface area (Å²) in [6.07, 6.45) is 7.80. The highest BCUT2D eigenvalue weighted by atomic mass is 79.9. The van der Waals surface area contributed by atoms with Crippen molar-refractivity contribution >= 4 is 15.9 Å². The van der Waals surface area contributed by atoms with Gasteiger partial charge in [0.1, 0.15) is 5.75 Å². The third kappa shape index (κ3) is 2.79. The molecule has 2 rings (SSSR count). The van der Waals surface area contributed by atoms with Crippen molar-refractivity contribution in [3.8, 4) is 5.75 Å². The topological polar surface area (TPSA) is 20.2 Å². The van der Waals surface area contributed by atoms with Gasteiger partial charge in [-0.15, -0.1) is 0 Å². The summed E-state index contributed by atoms with van der Waals surface area (Å²) in [6.45, 7) is 0. The van der Waals surface area contributed by atoms with E-state index in [4.69, 9.17) is 0 Å². The lowest BCUT2D eigenvalue weighted by molar-refractivity contribution is 0.223. The Morgan fingerprint density at radius 2 is 1.94 bits per heavy atom. The van der Waals surface area contributed by atoms with Gasteiger partial charge in [0.2, 0.25) is 0 Å². The van der Waals surface area contributed by atoms with Crippen molar-refractivity contribution < 1.29 is 5.11 Å². The summed E-state index contributed by atoms with van der Waals surface area (Å²) < 4.78 is 0. The van der Waals surface area contributed by atoms with Gasteiger partial charge in [0.05, 0.1) is 0 Å². The second-order valence-electron chi connectivity index (χ2n) is 5.04. The van der Waals surface area contributed by atoms with Gasteiger partial charge in [0, 0.05) is 5.33 Å². The Labute approximate surface area is 106 Å². The predicted octanol–water partition coefficient (Wildman–Crippen LogP) is 4.28. The van der Waals surface area contributed by atoms with Gasteiger partial charge in [-0.1, -0.05) is 47.3 Å². The molecule has 0 heterocycles. The Morgan fingerprint density at radius 3 is 2.56 bits per heavy atom. The van der Waals surface area contributed by atoms with Crippen LogP contribution < -0.4 is 0 Å². The predicted molar refractivity (Wildman–Crippen MR) is 71.1 cm³/mol. The number of hydrogen-bond donors (Lipinski definition) is 1. The fourth-order valence-corrected chi connectivity index (χ4v) is 3.52. The average Bonchev–Trinajstić information content (AvgIpc) is 2.30. The molecule has 1 aromatic rings. The molecule has 0 spiro atoms. The maximum atomic E-state index is 9.49. The highest BCUT2D eigenvalue weighted by Crippen LogP contribution is 2.40. The van der Waals surface area contributed by atoms with Crippen LogP contribution in [0, 0.1) is 5.41 Å². The van der Waals surface area contributed by atoms with E-state index in [1.165, 1.54) is 37.7 Å². The van der Waals surface area contributed by atoms with Crippen LogP contribution >= 0.6 is 15.9 Å². The molecule has 1 saturated carbocycles. The summed E-state index contributed by atoms with van der Waals surface area (Å²) in [6, 6.07) is 7.71. The van der Waals surface area contributed by atoms with Crippen LogP contribution in [0.5, 0.6) is 5.75 Å². The van der Waals surface area contributed by atoms with E-state index in [0.717, 1.165) is 11.8 Å². The Kier molecular flexibility index (Phi) is 3.91. The van der Waals surface area contributed by atoms with Crippen molar-refractivity contribution in [2.45, 2.75) is 38.5 Å². The van der Waals surface area contributed by atoms with Crippen LogP contribution in [0.3, 0.4) is 0 Å². The summed E-state index contributed by atoms with van der Waals surface area (Å²) in [5.41, 5.74) is 1.69. The van der Waals surface area contributed by atoms with Gasteiger partial charge < -0.3 is 5.11 Å². The number of hydrogen-bond acceptors (Lipinski definition) is 1. The van der Waals surface area contributed by atoms with Gasteiger partial charge in [0.25, 0.3) is 0 Å². The Morgan fingerprint density at radius 1 is 1.19 bits per heavy atom. The molecule has 1 aliphatic rings. The lowest BCUT2D eigenvalue weighted by Gasteiger charge is -2.36. The van der Waals surface area contributed by atoms with Gasteiger partial charge in [-0.25, -0.2) is 0 Å². The first-order chi connectivity index (χ1) is 7.74. The minimum Gasteiger partial charge on any atom is -0.508 e. The van der Waals surface area contributed by atoms with Crippen molar-refractivity contribution in [2.24, 2.45) is 5.41 Å². The monoisotopic (exact) mass is 282 g/mol. The van der Waals surface area contributed by atoms with Gasteiger partial charge in [0.15, 0.2) is 0 Å². The number of benzene rings is 1. The summed E-state index contributed by atoms with van der Waals surface area (Å²) >= 11 is 3.68. The molecule has 88 valence electrons. The Bertz CT molecular complexity index is 342. The van der Waals surface area contributed by atoms with E-state index >= 15 is 0 Å². The fraction of sp³-hybridized carbons (Fsp3) is 0.571. The van der Waals surface area contributed by atoms with Crippen LogP contribution in [0.4, 0.5) is 0 Å². The maximum Gasteiger partial charge on any atom is 0.115 e. The zero-order valence-corrected chi connectivity index (χ0v) is 11.2. The smallest absolute Gasteiger partial charge is 0.115 e. The SMILES string of the molecule is Oc1cccc(CC2(CBr)CCCCC2)c1. The van der Waals surface area contributed by atoms with Crippen molar-refractivity contribution in [1.82, 2.24) is 0 Å². The highest BCUT2D eigenvalue weighted by Gasteiger charge is 2.30. The van der Waals surface area contributed by atoms with Crippen molar-refractivity contribution in [1.29, 1.82) is 0 Å². The number of halogens is 1. The summed E-state index contributed by atoms with van der Waals surface area (Å²) in [5, 5.41) is 10.6. The molecule has 1 N–H and O–H groups in total. The third-order valence-electron chi connectivity index (χ3n) is 3.69. The lowest BCUT2D eigenvalue weighted by atomic mass is 9.72. The van der Waals surface area contributed by atoms with Gasteiger partial charge in [-0.05, 0) is 42.4 Å². The van der Waals surface area contributed by atoms with Crippen molar-refractivity contribution in [2.75, 3.05) is 5.33 Å². The van der Waals surface area contributed by atoms with Crippen LogP contribution in [0.25, 0.3) is 0 Å². The minimum absolute atomic E-state index is 0.387. The molecule has 0 bridgehead atoms. The van der Waals surface area contributed by atoms with Crippen molar-refractivity contribution in [3.05, 3.63) is 29.8 Å². The van der Waals surface area contributed by atoms with Crippen LogP contribution in [0.15, 0.2) is 24.3 Å². The molecule has 0 aromatic heterocycles. The number of alkyl halides is 1. The van der Waals surface area contributed by atoms with Gasteiger partial charge in [-0.2, -0.15) is 0 Å². The lowest BCUT2D eigenvalue weighted by Crippen LogP contribution is -2.28. The molecule has 0 atom stereocenters. The molecule has 1 aromatic carbocycles. The van der Waals surface area contributed by atoms with E-state index in [1.54, 1.807) is 6.07 Å². The van der Waals surface area contributed by atoms with Crippen LogP contribution in [0.1, 0.15) is 37.7 Å². The molecular weight excluding hydrogens is 264 g/mol. The summed E-state index contributed by atoms with van der Waals surface area (Å²) in [4.78, 5) is 0. The van der Waals surface area contributed by atoms with E-state index < -0.39 is 0 Å². The second kappa shape index (κ2) is 5.22. The quantitative estimate of drug-likeness (QED) is 0.821. The molecule has 1 fully saturated rings. The van der Waals surface area contributed by atoms with E-state index in [9.17, 15) is 5.11 Å². The largest absolute Gasteiger partial charge is 0.508 e. The van der Waals surface area contributed by atoms with E-state index in [0.29, 0.717) is 11.2 Å². The molecule has 1 aliphatic carbocycles. The van der Waals surface area contributed by atoms with Gasteiger partial charge in [-0.3, -0.25) is 0 Å². The number of phenolic OH excluding ortho intramolecular Hbond substituents is 1.